The average molecular weight is 386 g/mol. The average Bonchev–Trinajstić information content (AvgIpc) is 3.35. The Kier molecular flexibility index (Phi) is 3.95. The predicted octanol–water partition coefficient (Wildman–Crippen LogP) is 3.87. The van der Waals surface area contributed by atoms with Crippen LogP contribution in [0.5, 0.6) is 0 Å². The largest absolute Gasteiger partial charge is 0.322 e. The number of imide groups is 1. The molecule has 0 radical (unpaired) electrons. The van der Waals surface area contributed by atoms with Gasteiger partial charge in [-0.25, -0.2) is 4.90 Å². The molecule has 0 unspecified atom stereocenters. The van der Waals surface area contributed by atoms with Crippen molar-refractivity contribution in [3.05, 3.63) is 71.3 Å². The van der Waals surface area contributed by atoms with E-state index < -0.39 is 0 Å². The molecule has 0 spiro atoms. The van der Waals surface area contributed by atoms with E-state index in [1.165, 1.54) is 4.90 Å². The molecule has 5 heteroatoms. The second-order valence-corrected chi connectivity index (χ2v) is 8.39. The maximum atomic E-state index is 13.0. The van der Waals surface area contributed by atoms with Gasteiger partial charge in [0.1, 0.15) is 0 Å². The van der Waals surface area contributed by atoms with Gasteiger partial charge >= 0.3 is 0 Å². The summed E-state index contributed by atoms with van der Waals surface area (Å²) < 4.78 is 0. The van der Waals surface area contributed by atoms with Gasteiger partial charge in [0.15, 0.2) is 0 Å². The first-order valence-electron chi connectivity index (χ1n) is 9.98. The molecule has 2 bridgehead atoms. The number of hydrogen-bond acceptors (Lipinski definition) is 3. The fourth-order valence-corrected chi connectivity index (χ4v) is 5.19. The zero-order chi connectivity index (χ0) is 20.3. The summed E-state index contributed by atoms with van der Waals surface area (Å²) in [5, 5.41) is 2.91. The van der Waals surface area contributed by atoms with Crippen LogP contribution in [0.2, 0.25) is 0 Å². The number of fused-ring (bicyclic) bond motifs is 5. The highest BCUT2D eigenvalue weighted by Crippen LogP contribution is 2.53. The first kappa shape index (κ1) is 17.9. The van der Waals surface area contributed by atoms with Crippen LogP contribution in [0.25, 0.3) is 0 Å². The van der Waals surface area contributed by atoms with Crippen molar-refractivity contribution in [2.45, 2.75) is 20.3 Å². The van der Waals surface area contributed by atoms with E-state index in [0.29, 0.717) is 11.3 Å². The van der Waals surface area contributed by atoms with E-state index in [1.54, 1.807) is 24.3 Å². The Morgan fingerprint density at radius 1 is 0.931 bits per heavy atom. The smallest absolute Gasteiger partial charge is 0.255 e. The summed E-state index contributed by atoms with van der Waals surface area (Å²) in [4.78, 5) is 40.1. The molecule has 1 saturated heterocycles. The highest BCUT2D eigenvalue weighted by Gasteiger charge is 2.59. The van der Waals surface area contributed by atoms with Crippen LogP contribution in [0.4, 0.5) is 11.4 Å². The molecule has 2 fully saturated rings. The quantitative estimate of drug-likeness (QED) is 0.643. The fourth-order valence-electron chi connectivity index (χ4n) is 5.19. The molecule has 146 valence electrons. The normalized spacial score (nSPS) is 26.9. The maximum Gasteiger partial charge on any atom is 0.255 e. The van der Waals surface area contributed by atoms with Crippen LogP contribution < -0.4 is 10.2 Å². The topological polar surface area (TPSA) is 66.5 Å². The number of carbonyl (C=O) groups is 3. The number of benzene rings is 2. The minimum absolute atomic E-state index is 0.135. The van der Waals surface area contributed by atoms with Gasteiger partial charge in [-0.3, -0.25) is 14.4 Å². The Morgan fingerprint density at radius 3 is 2.17 bits per heavy atom. The summed E-state index contributed by atoms with van der Waals surface area (Å²) in [6.07, 6.45) is 5.06. The molecule has 1 aliphatic heterocycles. The van der Waals surface area contributed by atoms with Gasteiger partial charge in [0.05, 0.1) is 17.5 Å². The lowest BCUT2D eigenvalue weighted by Gasteiger charge is -2.18. The number of carbonyl (C=O) groups excluding carboxylic acids is 3. The van der Waals surface area contributed by atoms with Gasteiger partial charge in [-0.15, -0.1) is 0 Å². The van der Waals surface area contributed by atoms with E-state index in [0.717, 1.165) is 23.2 Å². The van der Waals surface area contributed by atoms with E-state index in [1.807, 2.05) is 32.0 Å². The van der Waals surface area contributed by atoms with Crippen LogP contribution in [0.1, 0.15) is 27.9 Å². The number of anilines is 2. The number of aryl methyl sites for hydroxylation is 2. The van der Waals surface area contributed by atoms with Crippen molar-refractivity contribution in [3.8, 4) is 0 Å². The summed E-state index contributed by atoms with van der Waals surface area (Å²) in [6, 6.07) is 12.6. The highest BCUT2D eigenvalue weighted by molar-refractivity contribution is 6.23. The predicted molar refractivity (Wildman–Crippen MR) is 111 cm³/mol. The molecule has 3 aliphatic rings. The van der Waals surface area contributed by atoms with Crippen molar-refractivity contribution in [2.24, 2.45) is 23.7 Å². The number of rotatable bonds is 3. The molecule has 5 rings (SSSR count). The van der Waals surface area contributed by atoms with Crippen molar-refractivity contribution < 1.29 is 14.4 Å². The Bertz CT molecular complexity index is 1040. The van der Waals surface area contributed by atoms with Gasteiger partial charge in [0.25, 0.3) is 5.91 Å². The Balaban J connectivity index is 1.41. The minimum atomic E-state index is -0.266. The van der Waals surface area contributed by atoms with Crippen molar-refractivity contribution in [1.29, 1.82) is 0 Å². The van der Waals surface area contributed by atoms with Gasteiger partial charge in [0, 0.05) is 11.3 Å². The van der Waals surface area contributed by atoms with Crippen LogP contribution in [-0.2, 0) is 9.59 Å². The number of nitrogens with zero attached hydrogens (tertiary/aromatic N) is 1. The first-order valence-corrected chi connectivity index (χ1v) is 9.98. The summed E-state index contributed by atoms with van der Waals surface area (Å²) in [5.41, 5.74) is 3.75. The van der Waals surface area contributed by atoms with E-state index in [2.05, 4.69) is 17.5 Å². The van der Waals surface area contributed by atoms with Crippen molar-refractivity contribution in [1.82, 2.24) is 0 Å². The zero-order valence-electron chi connectivity index (χ0n) is 16.4. The van der Waals surface area contributed by atoms with Gasteiger partial charge in [-0.1, -0.05) is 24.3 Å². The lowest BCUT2D eigenvalue weighted by molar-refractivity contribution is -0.123. The summed E-state index contributed by atoms with van der Waals surface area (Å²) in [5.74, 6) is -0.689. The molecule has 3 amide bonds. The third-order valence-corrected chi connectivity index (χ3v) is 6.32. The van der Waals surface area contributed by atoms with Crippen molar-refractivity contribution in [2.75, 3.05) is 10.2 Å². The molecule has 0 aromatic heterocycles. The number of amides is 3. The van der Waals surface area contributed by atoms with E-state index in [4.69, 9.17) is 0 Å². The maximum absolute atomic E-state index is 13.0. The number of allylic oxidation sites excluding steroid dienone is 2. The number of hydrogen-bond donors (Lipinski definition) is 1. The van der Waals surface area contributed by atoms with Gasteiger partial charge < -0.3 is 5.32 Å². The molecule has 1 saturated carbocycles. The Morgan fingerprint density at radius 2 is 1.55 bits per heavy atom. The molecule has 1 heterocycles. The van der Waals surface area contributed by atoms with E-state index >= 15 is 0 Å². The van der Waals surface area contributed by atoms with Gasteiger partial charge in [-0.05, 0) is 73.6 Å². The van der Waals surface area contributed by atoms with Crippen LogP contribution in [-0.4, -0.2) is 17.7 Å². The fraction of sp³-hybridized carbons (Fsp3) is 0.292. The number of nitrogens with one attached hydrogen (secondary N) is 1. The third kappa shape index (κ3) is 2.80. The molecule has 5 nitrogen and oxygen atoms in total. The van der Waals surface area contributed by atoms with Crippen molar-refractivity contribution >= 4 is 29.1 Å². The first-order chi connectivity index (χ1) is 13.9. The second kappa shape index (κ2) is 6.41. The standard InChI is InChI=1S/C24H22N2O3/c1-13-8-14(2)10-18(9-13)25-22(27)17-4-3-5-19(12-17)26-23(28)20-15-6-7-16(11-15)21(20)24(26)29/h3-10,12,15-16,20-21H,11H2,1-2H3,(H,25,27)/t15-,16+,20+,21-. The lowest BCUT2D eigenvalue weighted by atomic mass is 9.85. The zero-order valence-corrected chi connectivity index (χ0v) is 16.4. The highest BCUT2D eigenvalue weighted by atomic mass is 16.2. The second-order valence-electron chi connectivity index (χ2n) is 8.39. The summed E-state index contributed by atoms with van der Waals surface area (Å²) in [7, 11) is 0. The van der Waals surface area contributed by atoms with Crippen LogP contribution in [0.3, 0.4) is 0 Å². The van der Waals surface area contributed by atoms with E-state index in [-0.39, 0.29) is 41.4 Å². The lowest BCUT2D eigenvalue weighted by Crippen LogP contribution is -2.33. The summed E-state index contributed by atoms with van der Waals surface area (Å²) in [6.45, 7) is 3.96. The van der Waals surface area contributed by atoms with Crippen LogP contribution in [0, 0.1) is 37.5 Å². The monoisotopic (exact) mass is 386 g/mol. The molecular weight excluding hydrogens is 364 g/mol. The van der Waals surface area contributed by atoms with Crippen LogP contribution >= 0.6 is 0 Å². The van der Waals surface area contributed by atoms with Crippen molar-refractivity contribution in [3.63, 3.8) is 0 Å². The molecule has 2 aromatic carbocycles. The SMILES string of the molecule is Cc1cc(C)cc(NC(=O)c2cccc(N3C(=O)[C@@H]4[C@H](C3=O)[C@H]3C=C[C@@H]4C3)c2)c1. The Labute approximate surface area is 169 Å². The minimum Gasteiger partial charge on any atom is -0.322 e. The van der Waals surface area contributed by atoms with Crippen LogP contribution in [0.15, 0.2) is 54.6 Å². The molecule has 29 heavy (non-hydrogen) atoms. The third-order valence-electron chi connectivity index (χ3n) is 6.32. The molecule has 2 aliphatic carbocycles. The van der Waals surface area contributed by atoms with E-state index in [9.17, 15) is 14.4 Å². The molecule has 2 aromatic rings. The molecule has 4 atom stereocenters. The summed E-state index contributed by atoms with van der Waals surface area (Å²) >= 11 is 0. The Hall–Kier alpha value is -3.21. The van der Waals surface area contributed by atoms with Gasteiger partial charge in [-0.2, -0.15) is 0 Å². The molecule has 1 N–H and O–H groups in total. The molecular formula is C24H22N2O3. The van der Waals surface area contributed by atoms with Gasteiger partial charge in [0.2, 0.25) is 11.8 Å².